The molecule has 0 aromatic rings. The number of esters is 1. The second-order valence-corrected chi connectivity index (χ2v) is 7.45. The summed E-state index contributed by atoms with van der Waals surface area (Å²) in [7, 11) is 3.33. The van der Waals surface area contributed by atoms with Gasteiger partial charge in [0.2, 0.25) is 0 Å². The van der Waals surface area contributed by atoms with E-state index in [1.807, 2.05) is 7.05 Å². The fourth-order valence-corrected chi connectivity index (χ4v) is 4.30. The molecule has 2 fully saturated rings. The van der Waals surface area contributed by atoms with Crippen LogP contribution in [0.25, 0.3) is 0 Å². The van der Waals surface area contributed by atoms with Gasteiger partial charge in [0.15, 0.2) is 5.96 Å². The van der Waals surface area contributed by atoms with Gasteiger partial charge in [-0.3, -0.25) is 9.79 Å². The fraction of sp³-hybridized carbons (Fsp3) is 0.895. The molecule has 0 bridgehead atoms. The lowest BCUT2D eigenvalue weighted by molar-refractivity contribution is -0.140. The Labute approximate surface area is 170 Å². The topological polar surface area (TPSA) is 53.9 Å². The van der Waals surface area contributed by atoms with Crippen molar-refractivity contribution in [3.63, 3.8) is 0 Å². The first-order valence-corrected chi connectivity index (χ1v) is 9.71. The summed E-state index contributed by atoms with van der Waals surface area (Å²) >= 11 is 0. The van der Waals surface area contributed by atoms with Crippen LogP contribution in [-0.2, 0) is 9.53 Å². The van der Waals surface area contributed by atoms with Gasteiger partial charge in [-0.05, 0) is 43.9 Å². The van der Waals surface area contributed by atoms with Crippen LogP contribution in [0.2, 0.25) is 0 Å². The van der Waals surface area contributed by atoms with E-state index in [1.165, 1.54) is 58.5 Å². The Morgan fingerprint density at radius 1 is 1.12 bits per heavy atom. The summed E-state index contributed by atoms with van der Waals surface area (Å²) in [5, 5.41) is 3.49. The average Bonchev–Trinajstić information content (AvgIpc) is 2.83. The summed E-state index contributed by atoms with van der Waals surface area (Å²) in [4.78, 5) is 18.1. The van der Waals surface area contributed by atoms with Crippen LogP contribution in [-0.4, -0.2) is 50.6 Å². The maximum atomic E-state index is 11.1. The number of carbonyl (C=O) groups is 1. The summed E-state index contributed by atoms with van der Waals surface area (Å²) in [6.07, 6.45) is 13.4. The van der Waals surface area contributed by atoms with E-state index in [0.717, 1.165) is 38.4 Å². The molecule has 0 atom stereocenters. The standard InChI is InChI=1S/C19H35N3O2.HI/c1-20-18(21-14-8-5-10-17(23)24-2)22-15-9-13-19(16-22)11-6-3-4-7-12-19;/h3-16H2,1-2H3,(H,20,21);1H. The molecule has 1 spiro atoms. The Bertz CT molecular complexity index is 421. The monoisotopic (exact) mass is 465 g/mol. The quantitative estimate of drug-likeness (QED) is 0.220. The van der Waals surface area contributed by atoms with E-state index in [-0.39, 0.29) is 29.9 Å². The molecule has 146 valence electrons. The third-order valence-electron chi connectivity index (χ3n) is 5.66. The van der Waals surface area contributed by atoms with E-state index in [0.29, 0.717) is 11.8 Å². The number of nitrogens with one attached hydrogen (secondary N) is 1. The molecule has 1 N–H and O–H groups in total. The van der Waals surface area contributed by atoms with Crippen molar-refractivity contribution in [3.8, 4) is 0 Å². The van der Waals surface area contributed by atoms with Gasteiger partial charge in [0.25, 0.3) is 0 Å². The average molecular weight is 465 g/mol. The lowest BCUT2D eigenvalue weighted by Gasteiger charge is -2.44. The van der Waals surface area contributed by atoms with Gasteiger partial charge in [0.1, 0.15) is 0 Å². The second-order valence-electron chi connectivity index (χ2n) is 7.45. The minimum atomic E-state index is -0.120. The molecule has 1 heterocycles. The van der Waals surface area contributed by atoms with Crippen LogP contribution in [0.15, 0.2) is 4.99 Å². The van der Waals surface area contributed by atoms with Crippen molar-refractivity contribution in [2.24, 2.45) is 10.4 Å². The zero-order valence-electron chi connectivity index (χ0n) is 16.0. The Hall–Kier alpha value is -0.530. The normalized spacial score (nSPS) is 20.6. The van der Waals surface area contributed by atoms with Gasteiger partial charge in [-0.25, -0.2) is 0 Å². The first-order valence-electron chi connectivity index (χ1n) is 9.71. The number of guanidine groups is 1. The summed E-state index contributed by atoms with van der Waals surface area (Å²) in [5.74, 6) is 0.919. The molecule has 1 saturated heterocycles. The van der Waals surface area contributed by atoms with E-state index in [9.17, 15) is 4.79 Å². The number of unbranched alkanes of at least 4 members (excludes halogenated alkanes) is 1. The molecule has 0 radical (unpaired) electrons. The van der Waals surface area contributed by atoms with E-state index in [2.05, 4.69) is 19.9 Å². The summed E-state index contributed by atoms with van der Waals surface area (Å²) < 4.78 is 4.68. The predicted octanol–water partition coefficient (Wildman–Crippen LogP) is 3.96. The van der Waals surface area contributed by atoms with Gasteiger partial charge in [0, 0.05) is 33.1 Å². The van der Waals surface area contributed by atoms with Crippen molar-refractivity contribution in [1.29, 1.82) is 0 Å². The molecule has 0 amide bonds. The molecule has 5 nitrogen and oxygen atoms in total. The Balaban J connectivity index is 0.00000312. The summed E-state index contributed by atoms with van der Waals surface area (Å²) in [5.41, 5.74) is 0.525. The van der Waals surface area contributed by atoms with Crippen molar-refractivity contribution in [2.45, 2.75) is 70.6 Å². The van der Waals surface area contributed by atoms with E-state index in [4.69, 9.17) is 0 Å². The van der Waals surface area contributed by atoms with Crippen LogP contribution in [0, 0.1) is 5.41 Å². The van der Waals surface area contributed by atoms with E-state index in [1.54, 1.807) is 0 Å². The van der Waals surface area contributed by atoms with Gasteiger partial charge in [-0.1, -0.05) is 25.7 Å². The summed E-state index contributed by atoms with van der Waals surface area (Å²) in [6, 6.07) is 0. The second kappa shape index (κ2) is 12.0. The number of likely N-dealkylation sites (tertiary alicyclic amines) is 1. The lowest BCUT2D eigenvalue weighted by Crippen LogP contribution is -2.50. The first-order chi connectivity index (χ1) is 11.7. The molecule has 25 heavy (non-hydrogen) atoms. The number of hydrogen-bond acceptors (Lipinski definition) is 3. The fourth-order valence-electron chi connectivity index (χ4n) is 4.30. The number of hydrogen-bond donors (Lipinski definition) is 1. The molecule has 1 aliphatic heterocycles. The Morgan fingerprint density at radius 3 is 2.44 bits per heavy atom. The maximum absolute atomic E-state index is 11.1. The van der Waals surface area contributed by atoms with E-state index >= 15 is 0 Å². The predicted molar refractivity (Wildman–Crippen MR) is 114 cm³/mol. The highest BCUT2D eigenvalue weighted by Gasteiger charge is 2.36. The third-order valence-corrected chi connectivity index (χ3v) is 5.66. The van der Waals surface area contributed by atoms with Gasteiger partial charge >= 0.3 is 5.97 Å². The molecule has 0 aromatic heterocycles. The zero-order chi connectivity index (χ0) is 17.3. The highest BCUT2D eigenvalue weighted by atomic mass is 127. The number of piperidine rings is 1. The minimum Gasteiger partial charge on any atom is -0.469 e. The lowest BCUT2D eigenvalue weighted by atomic mass is 9.74. The highest BCUT2D eigenvalue weighted by molar-refractivity contribution is 14.0. The minimum absolute atomic E-state index is 0. The van der Waals surface area contributed by atoms with Gasteiger partial charge < -0.3 is 15.0 Å². The Morgan fingerprint density at radius 2 is 1.80 bits per heavy atom. The number of aliphatic imine (C=N–C) groups is 1. The van der Waals surface area contributed by atoms with Crippen LogP contribution in [0.5, 0.6) is 0 Å². The molecule has 0 aromatic carbocycles. The molecule has 2 rings (SSSR count). The Kier molecular flexibility index (Phi) is 10.8. The molecule has 0 unspecified atom stereocenters. The number of carbonyl (C=O) groups excluding carboxylic acids is 1. The third kappa shape index (κ3) is 7.31. The zero-order valence-corrected chi connectivity index (χ0v) is 18.3. The van der Waals surface area contributed by atoms with Gasteiger partial charge in [-0.15, -0.1) is 24.0 Å². The van der Waals surface area contributed by atoms with Crippen LogP contribution >= 0.6 is 24.0 Å². The molecule has 1 aliphatic carbocycles. The van der Waals surface area contributed by atoms with Gasteiger partial charge in [-0.2, -0.15) is 0 Å². The van der Waals surface area contributed by atoms with Crippen LogP contribution < -0.4 is 5.32 Å². The number of methoxy groups -OCH3 is 1. The molecular formula is C19H36IN3O2. The van der Waals surface area contributed by atoms with Crippen LogP contribution in [0.1, 0.15) is 70.6 Å². The van der Waals surface area contributed by atoms with E-state index < -0.39 is 0 Å². The van der Waals surface area contributed by atoms with Crippen LogP contribution in [0.4, 0.5) is 0 Å². The number of rotatable bonds is 5. The van der Waals surface area contributed by atoms with Crippen molar-refractivity contribution in [1.82, 2.24) is 10.2 Å². The largest absolute Gasteiger partial charge is 0.469 e. The smallest absolute Gasteiger partial charge is 0.305 e. The maximum Gasteiger partial charge on any atom is 0.305 e. The van der Waals surface area contributed by atoms with Gasteiger partial charge in [0.05, 0.1) is 7.11 Å². The SMILES string of the molecule is CN=C(NCCCCC(=O)OC)N1CCCC2(CCCCCC2)C1.I. The van der Waals surface area contributed by atoms with Crippen LogP contribution in [0.3, 0.4) is 0 Å². The first kappa shape index (κ1) is 22.5. The highest BCUT2D eigenvalue weighted by Crippen LogP contribution is 2.42. The molecule has 1 saturated carbocycles. The van der Waals surface area contributed by atoms with Crippen molar-refractivity contribution in [2.75, 3.05) is 33.8 Å². The van der Waals surface area contributed by atoms with Crippen molar-refractivity contribution < 1.29 is 9.53 Å². The molecule has 2 aliphatic rings. The number of halogens is 1. The summed E-state index contributed by atoms with van der Waals surface area (Å²) in [6.45, 7) is 3.14. The number of nitrogens with zero attached hydrogens (tertiary/aromatic N) is 2. The van der Waals surface area contributed by atoms with Crippen molar-refractivity contribution >= 4 is 35.9 Å². The van der Waals surface area contributed by atoms with Crippen molar-refractivity contribution in [3.05, 3.63) is 0 Å². The number of ether oxygens (including phenoxy) is 1. The molecular weight excluding hydrogens is 429 g/mol. The molecule has 6 heteroatoms.